The Labute approximate surface area is 173 Å². The first-order valence-electron chi connectivity index (χ1n) is 9.52. The summed E-state index contributed by atoms with van der Waals surface area (Å²) in [6.45, 7) is 0. The lowest BCUT2D eigenvalue weighted by Crippen LogP contribution is -2.32. The Morgan fingerprint density at radius 3 is 2.24 bits per heavy atom. The van der Waals surface area contributed by atoms with Gasteiger partial charge in [-0.05, 0) is 12.8 Å². The largest absolute Gasteiger partial charge is 0.301 e. The molecular formula is C23H19N3O2S. The van der Waals surface area contributed by atoms with Crippen LogP contribution in [0.3, 0.4) is 0 Å². The first-order valence-corrected chi connectivity index (χ1v) is 10.3. The van der Waals surface area contributed by atoms with Gasteiger partial charge in [0.15, 0.2) is 5.13 Å². The molecule has 1 aromatic heterocycles. The number of hydrogen-bond acceptors (Lipinski definition) is 5. The molecule has 1 N–H and O–H groups in total. The van der Waals surface area contributed by atoms with Crippen molar-refractivity contribution >= 4 is 28.2 Å². The summed E-state index contributed by atoms with van der Waals surface area (Å²) in [5, 5.41) is 12.7. The Bertz CT molecular complexity index is 1080. The molecule has 6 heteroatoms. The highest BCUT2D eigenvalue weighted by Crippen LogP contribution is 2.39. The summed E-state index contributed by atoms with van der Waals surface area (Å²) >= 11 is 1.15. The first kappa shape index (κ1) is 19.0. The third-order valence-corrected chi connectivity index (χ3v) is 6.21. The number of carbonyl (C=O) groups is 2. The SMILES string of the molecule is N#CC1(C(=O)Nc2nc(-c3ccccc3)c(C(=O)c3ccccc3)s2)CCCC1. The molecule has 29 heavy (non-hydrogen) atoms. The molecule has 0 saturated heterocycles. The van der Waals surface area contributed by atoms with Crippen LogP contribution in [0.5, 0.6) is 0 Å². The van der Waals surface area contributed by atoms with Crippen LogP contribution in [0.15, 0.2) is 60.7 Å². The highest BCUT2D eigenvalue weighted by molar-refractivity contribution is 7.18. The van der Waals surface area contributed by atoms with Crippen LogP contribution in [-0.2, 0) is 4.79 Å². The molecule has 1 amide bonds. The van der Waals surface area contributed by atoms with E-state index in [1.165, 1.54) is 0 Å². The van der Waals surface area contributed by atoms with E-state index in [0.717, 1.165) is 29.7 Å². The second-order valence-electron chi connectivity index (χ2n) is 7.11. The van der Waals surface area contributed by atoms with Crippen molar-refractivity contribution in [2.75, 3.05) is 5.32 Å². The van der Waals surface area contributed by atoms with Crippen LogP contribution < -0.4 is 5.32 Å². The summed E-state index contributed by atoms with van der Waals surface area (Å²) in [5.41, 5.74) is 0.911. The zero-order valence-corrected chi connectivity index (χ0v) is 16.5. The average molecular weight is 401 g/mol. The standard InChI is InChI=1S/C23H19N3O2S/c24-15-23(13-7-8-14-23)21(28)26-22-25-18(16-9-3-1-4-10-16)20(29-22)19(27)17-11-5-2-6-12-17/h1-6,9-12H,7-8,13-14H2,(H,25,26,28). The van der Waals surface area contributed by atoms with Gasteiger partial charge >= 0.3 is 0 Å². The fourth-order valence-electron chi connectivity index (χ4n) is 3.62. The Morgan fingerprint density at radius 2 is 1.62 bits per heavy atom. The predicted molar refractivity (Wildman–Crippen MR) is 113 cm³/mol. The van der Waals surface area contributed by atoms with Crippen LogP contribution in [0.25, 0.3) is 11.3 Å². The molecular weight excluding hydrogens is 382 g/mol. The minimum absolute atomic E-state index is 0.140. The van der Waals surface area contributed by atoms with Gasteiger partial charge in [-0.1, -0.05) is 84.8 Å². The maximum Gasteiger partial charge on any atom is 0.246 e. The molecule has 0 atom stereocenters. The van der Waals surface area contributed by atoms with E-state index in [-0.39, 0.29) is 11.7 Å². The van der Waals surface area contributed by atoms with Gasteiger partial charge in [0, 0.05) is 11.1 Å². The Morgan fingerprint density at radius 1 is 1.00 bits per heavy atom. The molecule has 0 bridgehead atoms. The van der Waals surface area contributed by atoms with E-state index >= 15 is 0 Å². The summed E-state index contributed by atoms with van der Waals surface area (Å²) in [6.07, 6.45) is 2.85. The molecule has 0 spiro atoms. The lowest BCUT2D eigenvalue weighted by Gasteiger charge is -2.17. The molecule has 2 aromatic carbocycles. The monoisotopic (exact) mass is 401 g/mol. The lowest BCUT2D eigenvalue weighted by atomic mass is 9.87. The number of anilines is 1. The molecule has 1 heterocycles. The van der Waals surface area contributed by atoms with Gasteiger partial charge in [0.1, 0.15) is 10.3 Å². The number of hydrogen-bond donors (Lipinski definition) is 1. The Kier molecular flexibility index (Phi) is 5.24. The van der Waals surface area contributed by atoms with Gasteiger partial charge in [-0.25, -0.2) is 4.98 Å². The van der Waals surface area contributed by atoms with Crippen molar-refractivity contribution in [2.45, 2.75) is 25.7 Å². The third-order valence-electron chi connectivity index (χ3n) is 5.24. The van der Waals surface area contributed by atoms with E-state index in [1.807, 2.05) is 48.5 Å². The van der Waals surface area contributed by atoms with E-state index in [1.54, 1.807) is 12.1 Å². The molecule has 1 saturated carbocycles. The predicted octanol–water partition coefficient (Wildman–Crippen LogP) is 5.06. The number of ketones is 1. The smallest absolute Gasteiger partial charge is 0.246 e. The van der Waals surface area contributed by atoms with E-state index in [2.05, 4.69) is 16.4 Å². The topological polar surface area (TPSA) is 82.8 Å². The summed E-state index contributed by atoms with van der Waals surface area (Å²) in [7, 11) is 0. The van der Waals surface area contributed by atoms with Gasteiger partial charge in [-0.2, -0.15) is 5.26 Å². The van der Waals surface area contributed by atoms with Crippen LogP contribution in [-0.4, -0.2) is 16.7 Å². The van der Waals surface area contributed by atoms with Gasteiger partial charge < -0.3 is 5.32 Å². The van der Waals surface area contributed by atoms with E-state index < -0.39 is 5.41 Å². The number of carbonyl (C=O) groups excluding carboxylic acids is 2. The van der Waals surface area contributed by atoms with Crippen molar-refractivity contribution in [2.24, 2.45) is 5.41 Å². The molecule has 5 nitrogen and oxygen atoms in total. The summed E-state index contributed by atoms with van der Waals surface area (Å²) in [4.78, 5) is 31.0. The van der Waals surface area contributed by atoms with E-state index in [0.29, 0.717) is 34.1 Å². The fraction of sp³-hybridized carbons (Fsp3) is 0.217. The number of nitriles is 1. The highest BCUT2D eigenvalue weighted by atomic mass is 32.1. The number of benzene rings is 2. The fourth-order valence-corrected chi connectivity index (χ4v) is 4.57. The maximum atomic E-state index is 13.1. The van der Waals surface area contributed by atoms with Crippen LogP contribution in [0.1, 0.15) is 40.9 Å². The Balaban J connectivity index is 1.71. The molecule has 1 aliphatic rings. The zero-order valence-electron chi connectivity index (χ0n) is 15.7. The molecule has 0 radical (unpaired) electrons. The molecule has 1 aliphatic carbocycles. The third kappa shape index (κ3) is 3.69. The van der Waals surface area contributed by atoms with Crippen molar-refractivity contribution in [3.8, 4) is 17.3 Å². The number of nitrogens with one attached hydrogen (secondary N) is 1. The van der Waals surface area contributed by atoms with E-state index in [9.17, 15) is 14.9 Å². The molecule has 144 valence electrons. The van der Waals surface area contributed by atoms with Gasteiger partial charge in [0.05, 0.1) is 11.8 Å². The van der Waals surface area contributed by atoms with Crippen LogP contribution in [0, 0.1) is 16.7 Å². The average Bonchev–Trinajstić information content (AvgIpc) is 3.42. The molecule has 3 aromatic rings. The number of thiazole rings is 1. The second-order valence-corrected chi connectivity index (χ2v) is 8.11. The lowest BCUT2D eigenvalue weighted by molar-refractivity contribution is -0.122. The summed E-state index contributed by atoms with van der Waals surface area (Å²) < 4.78 is 0. The summed E-state index contributed by atoms with van der Waals surface area (Å²) in [6, 6.07) is 20.6. The van der Waals surface area contributed by atoms with Crippen molar-refractivity contribution in [3.05, 3.63) is 71.1 Å². The Hall–Kier alpha value is -3.30. The van der Waals surface area contributed by atoms with Gasteiger partial charge in [0.25, 0.3) is 0 Å². The molecule has 0 aliphatic heterocycles. The minimum Gasteiger partial charge on any atom is -0.301 e. The summed E-state index contributed by atoms with van der Waals surface area (Å²) in [5.74, 6) is -0.470. The quantitative estimate of drug-likeness (QED) is 0.606. The highest BCUT2D eigenvalue weighted by Gasteiger charge is 2.42. The maximum absolute atomic E-state index is 13.1. The number of rotatable bonds is 5. The zero-order chi connectivity index (χ0) is 20.3. The molecule has 1 fully saturated rings. The van der Waals surface area contributed by atoms with Crippen molar-refractivity contribution in [3.63, 3.8) is 0 Å². The first-order chi connectivity index (χ1) is 14.1. The van der Waals surface area contributed by atoms with Crippen LogP contribution >= 0.6 is 11.3 Å². The number of amides is 1. The minimum atomic E-state index is -0.998. The van der Waals surface area contributed by atoms with Crippen molar-refractivity contribution in [1.29, 1.82) is 5.26 Å². The van der Waals surface area contributed by atoms with Gasteiger partial charge in [-0.3, -0.25) is 9.59 Å². The van der Waals surface area contributed by atoms with Crippen molar-refractivity contribution in [1.82, 2.24) is 4.98 Å². The second kappa shape index (κ2) is 7.98. The van der Waals surface area contributed by atoms with Crippen molar-refractivity contribution < 1.29 is 9.59 Å². The molecule has 0 unspecified atom stereocenters. The van der Waals surface area contributed by atoms with Crippen LogP contribution in [0.2, 0.25) is 0 Å². The van der Waals surface area contributed by atoms with Gasteiger partial charge in [0.2, 0.25) is 11.7 Å². The number of aromatic nitrogens is 1. The number of nitrogens with zero attached hydrogens (tertiary/aromatic N) is 2. The molecule has 4 rings (SSSR count). The van der Waals surface area contributed by atoms with Crippen LogP contribution in [0.4, 0.5) is 5.13 Å². The van der Waals surface area contributed by atoms with E-state index in [4.69, 9.17) is 0 Å². The van der Waals surface area contributed by atoms with Gasteiger partial charge in [-0.15, -0.1) is 0 Å². The normalized spacial score (nSPS) is 14.9.